The highest BCUT2D eigenvalue weighted by molar-refractivity contribution is 5.75. The molecule has 55 heavy (non-hydrogen) atoms. The van der Waals surface area contributed by atoms with Crippen molar-refractivity contribution in [2.75, 3.05) is 63.2 Å². The van der Waals surface area contributed by atoms with Gasteiger partial charge in [0.2, 0.25) is 0 Å². The van der Waals surface area contributed by atoms with Gasteiger partial charge in [-0.25, -0.2) is 0 Å². The zero-order valence-corrected chi connectivity index (χ0v) is 36.2. The molecular formula is C46H85N3O6. The van der Waals surface area contributed by atoms with Crippen LogP contribution in [-0.2, 0) is 19.1 Å². The Hall–Kier alpha value is -2.26. The summed E-state index contributed by atoms with van der Waals surface area (Å²) in [7, 11) is 1.76. The van der Waals surface area contributed by atoms with E-state index < -0.39 is 0 Å². The van der Waals surface area contributed by atoms with E-state index in [0.717, 1.165) is 148 Å². The number of ether oxygens (including phenoxy) is 2. The molecular weight excluding hydrogens is 691 g/mol. The number of piperidine rings is 1. The van der Waals surface area contributed by atoms with Gasteiger partial charge >= 0.3 is 5.97 Å². The van der Waals surface area contributed by atoms with Gasteiger partial charge in [-0.15, -0.1) is 0 Å². The van der Waals surface area contributed by atoms with Gasteiger partial charge in [0.05, 0.1) is 0 Å². The van der Waals surface area contributed by atoms with Crippen LogP contribution in [0.4, 0.5) is 11.4 Å². The van der Waals surface area contributed by atoms with Crippen molar-refractivity contribution < 1.29 is 19.1 Å². The molecule has 1 fully saturated rings. The molecule has 1 aliphatic rings. The zero-order chi connectivity index (χ0) is 40.2. The van der Waals surface area contributed by atoms with Crippen LogP contribution >= 0.6 is 0 Å². The summed E-state index contributed by atoms with van der Waals surface area (Å²) >= 11 is 0. The minimum Gasteiger partial charge on any atom is -0.462 e. The molecule has 0 spiro atoms. The Morgan fingerprint density at radius 2 is 1.25 bits per heavy atom. The standard InChI is InChI=1S/C38H67N3O5.C8H18O/c1-3-5-15-24-33(23-6-4-2)46-34(43)25-16-10-9-12-18-28-40(27-17-11-7-8-13-21-32-42)29-22-26-39-35-36(38(45)37(35)44)41-30-19-14-20-31-41;1-3-4-5-6-7-8-9-2/h32-33,39H,3-31H2,1-2H3;3-8H2,1-2H3. The molecule has 1 saturated heterocycles. The van der Waals surface area contributed by atoms with Crippen LogP contribution in [0.25, 0.3) is 0 Å². The number of aldehydes is 1. The quantitative estimate of drug-likeness (QED) is 0.0309. The van der Waals surface area contributed by atoms with Crippen molar-refractivity contribution in [1.29, 1.82) is 0 Å². The molecule has 9 heteroatoms. The number of hydrogen-bond acceptors (Lipinski definition) is 9. The van der Waals surface area contributed by atoms with E-state index in [4.69, 9.17) is 9.47 Å². The Morgan fingerprint density at radius 1 is 0.691 bits per heavy atom. The molecule has 1 N–H and O–H groups in total. The third-order valence-corrected chi connectivity index (χ3v) is 10.9. The molecule has 1 aliphatic heterocycles. The molecule has 320 valence electrons. The van der Waals surface area contributed by atoms with E-state index in [9.17, 15) is 19.2 Å². The molecule has 9 nitrogen and oxygen atoms in total. The molecule has 0 saturated carbocycles. The van der Waals surface area contributed by atoms with Gasteiger partial charge in [0, 0.05) is 46.2 Å². The first-order valence-electron chi connectivity index (χ1n) is 23.1. The predicted molar refractivity (Wildman–Crippen MR) is 233 cm³/mol. The molecule has 1 atom stereocenters. The first-order valence-corrected chi connectivity index (χ1v) is 23.1. The lowest BCUT2D eigenvalue weighted by molar-refractivity contribution is -0.150. The van der Waals surface area contributed by atoms with E-state index in [1.165, 1.54) is 64.2 Å². The van der Waals surface area contributed by atoms with Gasteiger partial charge in [0.25, 0.3) is 10.9 Å². The Kier molecular flexibility index (Phi) is 33.3. The smallest absolute Gasteiger partial charge is 0.306 e. The minimum atomic E-state index is -0.358. The van der Waals surface area contributed by atoms with Gasteiger partial charge in [-0.05, 0) is 96.7 Å². The number of carbonyl (C=O) groups is 2. The fourth-order valence-electron chi connectivity index (χ4n) is 7.45. The topological polar surface area (TPSA) is 105 Å². The summed E-state index contributed by atoms with van der Waals surface area (Å²) < 4.78 is 10.8. The second-order valence-electron chi connectivity index (χ2n) is 15.9. The number of methoxy groups -OCH3 is 1. The molecule has 1 aromatic rings. The SMILES string of the molecule is CCCCCC(CCCC)OC(=O)CCCCCCCN(CCCCCCCC=O)CCCNc1c(N2CCCCC2)c(=O)c1=O.CCCCCCCOC. The number of carbonyl (C=O) groups excluding carboxylic acids is 2. The number of anilines is 2. The van der Waals surface area contributed by atoms with E-state index in [-0.39, 0.29) is 22.9 Å². The number of rotatable bonds is 36. The summed E-state index contributed by atoms with van der Waals surface area (Å²) in [4.78, 5) is 52.2. The lowest BCUT2D eigenvalue weighted by Gasteiger charge is -2.31. The first kappa shape index (κ1) is 50.8. The van der Waals surface area contributed by atoms with Crippen molar-refractivity contribution in [3.05, 3.63) is 20.4 Å². The molecule has 1 aromatic carbocycles. The van der Waals surface area contributed by atoms with Gasteiger partial charge in [0.15, 0.2) is 0 Å². The molecule has 0 amide bonds. The number of unbranched alkanes of at least 4 members (excludes halogenated alkanes) is 16. The molecule has 0 aliphatic carbocycles. The maximum atomic E-state index is 12.5. The van der Waals surface area contributed by atoms with E-state index >= 15 is 0 Å². The number of nitrogens with zero attached hydrogens (tertiary/aromatic N) is 2. The van der Waals surface area contributed by atoms with Gasteiger partial charge < -0.3 is 29.4 Å². The third-order valence-electron chi connectivity index (χ3n) is 10.9. The summed E-state index contributed by atoms with van der Waals surface area (Å²) in [5.74, 6) is -0.0182. The molecule has 2 rings (SSSR count). The normalized spacial score (nSPS) is 13.5. The predicted octanol–water partition coefficient (Wildman–Crippen LogP) is 10.5. The van der Waals surface area contributed by atoms with E-state index in [1.54, 1.807) is 7.11 Å². The lowest BCUT2D eigenvalue weighted by atomic mass is 10.1. The van der Waals surface area contributed by atoms with Gasteiger partial charge in [-0.1, -0.05) is 111 Å². The number of esters is 1. The lowest BCUT2D eigenvalue weighted by Crippen LogP contribution is -2.44. The zero-order valence-electron chi connectivity index (χ0n) is 36.2. The average Bonchev–Trinajstić information content (AvgIpc) is 3.20. The van der Waals surface area contributed by atoms with Crippen molar-refractivity contribution >= 4 is 23.6 Å². The minimum absolute atomic E-state index is 0.0182. The van der Waals surface area contributed by atoms with Gasteiger partial charge in [0.1, 0.15) is 23.8 Å². The molecule has 1 unspecified atom stereocenters. The van der Waals surface area contributed by atoms with Crippen molar-refractivity contribution in [1.82, 2.24) is 4.90 Å². The Morgan fingerprint density at radius 3 is 1.91 bits per heavy atom. The maximum absolute atomic E-state index is 12.5. The highest BCUT2D eigenvalue weighted by atomic mass is 16.5. The number of hydrogen-bond donors (Lipinski definition) is 1. The summed E-state index contributed by atoms with van der Waals surface area (Å²) in [6.07, 6.45) is 32.1. The van der Waals surface area contributed by atoms with Crippen LogP contribution in [0, 0.1) is 0 Å². The monoisotopic (exact) mass is 776 g/mol. The highest BCUT2D eigenvalue weighted by Crippen LogP contribution is 2.24. The van der Waals surface area contributed by atoms with Gasteiger partial charge in [-0.2, -0.15) is 0 Å². The summed E-state index contributed by atoms with van der Waals surface area (Å²) in [5, 5.41) is 3.31. The second kappa shape index (κ2) is 36.1. The second-order valence-corrected chi connectivity index (χ2v) is 15.9. The first-order chi connectivity index (χ1) is 26.9. The highest BCUT2D eigenvalue weighted by Gasteiger charge is 2.26. The molecule has 0 radical (unpaired) electrons. The molecule has 0 aromatic heterocycles. The van der Waals surface area contributed by atoms with Crippen LogP contribution in [0.2, 0.25) is 0 Å². The van der Waals surface area contributed by atoms with Gasteiger partial charge in [-0.3, -0.25) is 14.4 Å². The Labute approximate surface area is 337 Å². The van der Waals surface area contributed by atoms with Crippen LogP contribution < -0.4 is 21.1 Å². The van der Waals surface area contributed by atoms with Crippen molar-refractivity contribution in [2.24, 2.45) is 0 Å². The van der Waals surface area contributed by atoms with Crippen molar-refractivity contribution in [3.63, 3.8) is 0 Å². The van der Waals surface area contributed by atoms with E-state index in [0.29, 0.717) is 30.8 Å². The van der Waals surface area contributed by atoms with E-state index in [2.05, 4.69) is 35.9 Å². The Balaban J connectivity index is 0.00000148. The average molecular weight is 776 g/mol. The number of nitrogens with one attached hydrogen (secondary N) is 1. The molecule has 0 bridgehead atoms. The van der Waals surface area contributed by atoms with Crippen LogP contribution in [-0.4, -0.2) is 76.2 Å². The summed E-state index contributed by atoms with van der Waals surface area (Å²) in [6, 6.07) is 0. The Bertz CT molecular complexity index is 1110. The van der Waals surface area contributed by atoms with Crippen molar-refractivity contribution in [2.45, 2.75) is 207 Å². The summed E-state index contributed by atoms with van der Waals surface area (Å²) in [5.41, 5.74) is 0.469. The van der Waals surface area contributed by atoms with Crippen LogP contribution in [0.5, 0.6) is 0 Å². The third kappa shape index (κ3) is 25.6. The van der Waals surface area contributed by atoms with E-state index in [1.807, 2.05) is 0 Å². The van der Waals surface area contributed by atoms with Crippen molar-refractivity contribution in [3.8, 4) is 0 Å². The fourth-order valence-corrected chi connectivity index (χ4v) is 7.45. The van der Waals surface area contributed by atoms with Crippen LogP contribution in [0.3, 0.4) is 0 Å². The maximum Gasteiger partial charge on any atom is 0.306 e. The van der Waals surface area contributed by atoms with Crippen LogP contribution in [0.1, 0.15) is 201 Å². The van der Waals surface area contributed by atoms with Crippen LogP contribution in [0.15, 0.2) is 9.59 Å². The molecule has 1 heterocycles. The fraction of sp³-hybridized carbons (Fsp3) is 0.870. The largest absolute Gasteiger partial charge is 0.462 e. The summed E-state index contributed by atoms with van der Waals surface area (Å²) in [6.45, 7) is 13.1.